The molecule has 9 heteroatoms. The lowest BCUT2D eigenvalue weighted by atomic mass is 10.1. The van der Waals surface area contributed by atoms with E-state index in [4.69, 9.17) is 4.74 Å². The molecular formula is C24H22N2O6S. The first-order chi connectivity index (χ1) is 15.7. The van der Waals surface area contributed by atoms with Gasteiger partial charge in [0.15, 0.2) is 6.61 Å². The summed E-state index contributed by atoms with van der Waals surface area (Å²) in [5, 5.41) is 2.12. The minimum absolute atomic E-state index is 0.0487. The molecule has 0 atom stereocenters. The maximum atomic E-state index is 12.9. The van der Waals surface area contributed by atoms with Crippen LogP contribution in [0.4, 0.5) is 5.69 Å². The number of ether oxygens (including phenoxy) is 1. The molecule has 0 heterocycles. The van der Waals surface area contributed by atoms with Crippen LogP contribution in [0.3, 0.4) is 0 Å². The largest absolute Gasteiger partial charge is 0.452 e. The fourth-order valence-corrected chi connectivity index (χ4v) is 4.30. The number of nitrogens with one attached hydrogen (secondary N) is 2. The van der Waals surface area contributed by atoms with Crippen LogP contribution in [-0.4, -0.2) is 32.8 Å². The van der Waals surface area contributed by atoms with Crippen molar-refractivity contribution in [3.05, 3.63) is 95.1 Å². The SMILES string of the molecule is Cc1cccc(NS(=O)(=O)c2cc(C(=O)OCC(=O)NC(=O)c3ccccc3)ccc2C)c1. The van der Waals surface area contributed by atoms with Crippen LogP contribution in [0.5, 0.6) is 0 Å². The normalized spacial score (nSPS) is 10.8. The predicted molar refractivity (Wildman–Crippen MR) is 122 cm³/mol. The molecule has 0 unspecified atom stereocenters. The highest BCUT2D eigenvalue weighted by molar-refractivity contribution is 7.92. The summed E-state index contributed by atoms with van der Waals surface area (Å²) in [6, 6.07) is 19.0. The van der Waals surface area contributed by atoms with E-state index in [9.17, 15) is 22.8 Å². The molecule has 2 N–H and O–H groups in total. The molecule has 0 radical (unpaired) electrons. The number of sulfonamides is 1. The maximum absolute atomic E-state index is 12.9. The zero-order valence-corrected chi connectivity index (χ0v) is 18.8. The van der Waals surface area contributed by atoms with Gasteiger partial charge in [-0.2, -0.15) is 0 Å². The fraction of sp³-hybridized carbons (Fsp3) is 0.125. The second-order valence-electron chi connectivity index (χ2n) is 7.27. The van der Waals surface area contributed by atoms with Crippen LogP contribution in [0.2, 0.25) is 0 Å². The Morgan fingerprint density at radius 2 is 1.58 bits per heavy atom. The summed E-state index contributed by atoms with van der Waals surface area (Å²) in [5.41, 5.74) is 1.94. The zero-order valence-electron chi connectivity index (χ0n) is 18.0. The van der Waals surface area contributed by atoms with Gasteiger partial charge in [0.2, 0.25) is 0 Å². The van der Waals surface area contributed by atoms with Gasteiger partial charge in [-0.05, 0) is 61.4 Å². The smallest absolute Gasteiger partial charge is 0.338 e. The van der Waals surface area contributed by atoms with Crippen molar-refractivity contribution < 1.29 is 27.5 Å². The van der Waals surface area contributed by atoms with Crippen molar-refractivity contribution in [3.8, 4) is 0 Å². The van der Waals surface area contributed by atoms with Crippen LogP contribution in [0.15, 0.2) is 77.7 Å². The van der Waals surface area contributed by atoms with E-state index in [0.717, 1.165) is 5.56 Å². The first-order valence-corrected chi connectivity index (χ1v) is 11.4. The van der Waals surface area contributed by atoms with E-state index in [2.05, 4.69) is 10.0 Å². The average molecular weight is 467 g/mol. The van der Waals surface area contributed by atoms with Gasteiger partial charge in [-0.15, -0.1) is 0 Å². The topological polar surface area (TPSA) is 119 Å². The number of carbonyl (C=O) groups excluding carboxylic acids is 3. The lowest BCUT2D eigenvalue weighted by molar-refractivity contribution is -0.123. The Bertz CT molecular complexity index is 1300. The van der Waals surface area contributed by atoms with Crippen LogP contribution in [0, 0.1) is 13.8 Å². The standard InChI is InChI=1S/C24H22N2O6S/c1-16-7-6-10-20(13-16)26-33(30,31)21-14-19(12-11-17(21)2)24(29)32-15-22(27)25-23(28)18-8-4-3-5-9-18/h3-14,26H,15H2,1-2H3,(H,25,27,28). The molecule has 0 aromatic heterocycles. The quantitative estimate of drug-likeness (QED) is 0.516. The molecule has 0 spiro atoms. The summed E-state index contributed by atoms with van der Waals surface area (Å²) in [7, 11) is -3.98. The number of hydrogen-bond donors (Lipinski definition) is 2. The van der Waals surface area contributed by atoms with Crippen LogP contribution in [0.1, 0.15) is 31.8 Å². The zero-order chi connectivity index (χ0) is 24.0. The van der Waals surface area contributed by atoms with E-state index in [1.165, 1.54) is 30.3 Å². The molecule has 3 aromatic carbocycles. The second kappa shape index (κ2) is 10.1. The summed E-state index contributed by atoms with van der Waals surface area (Å²) in [6.45, 7) is 2.74. The van der Waals surface area contributed by atoms with Gasteiger partial charge < -0.3 is 4.74 Å². The molecule has 33 heavy (non-hydrogen) atoms. The Balaban J connectivity index is 1.67. The van der Waals surface area contributed by atoms with Gasteiger partial charge in [0.25, 0.3) is 21.8 Å². The monoisotopic (exact) mass is 466 g/mol. The maximum Gasteiger partial charge on any atom is 0.338 e. The van der Waals surface area contributed by atoms with E-state index in [1.54, 1.807) is 43.3 Å². The number of amides is 2. The Hall–Kier alpha value is -3.98. The van der Waals surface area contributed by atoms with Crippen molar-refractivity contribution in [3.63, 3.8) is 0 Å². The highest BCUT2D eigenvalue weighted by Gasteiger charge is 2.21. The number of carbonyl (C=O) groups is 3. The summed E-state index contributed by atoms with van der Waals surface area (Å²) in [5.74, 6) is -2.33. The second-order valence-corrected chi connectivity index (χ2v) is 8.93. The van der Waals surface area contributed by atoms with E-state index in [-0.39, 0.29) is 16.0 Å². The van der Waals surface area contributed by atoms with E-state index < -0.39 is 34.4 Å². The number of rotatable bonds is 7. The van der Waals surface area contributed by atoms with Crippen molar-refractivity contribution in [2.45, 2.75) is 18.7 Å². The van der Waals surface area contributed by atoms with Gasteiger partial charge >= 0.3 is 5.97 Å². The van der Waals surface area contributed by atoms with Crippen molar-refractivity contribution in [1.82, 2.24) is 5.32 Å². The van der Waals surface area contributed by atoms with Gasteiger partial charge in [0.05, 0.1) is 10.5 Å². The lowest BCUT2D eigenvalue weighted by Gasteiger charge is -2.12. The molecule has 0 aliphatic carbocycles. The molecule has 8 nitrogen and oxygen atoms in total. The third kappa shape index (κ3) is 6.27. The number of hydrogen-bond acceptors (Lipinski definition) is 6. The Kier molecular flexibility index (Phi) is 7.24. The predicted octanol–water partition coefficient (Wildman–Crippen LogP) is 3.22. The third-order valence-corrected chi connectivity index (χ3v) is 6.13. The van der Waals surface area contributed by atoms with Gasteiger partial charge in [0, 0.05) is 11.3 Å². The van der Waals surface area contributed by atoms with Crippen molar-refractivity contribution in [1.29, 1.82) is 0 Å². The molecule has 0 aliphatic rings. The molecule has 3 aromatic rings. The molecule has 0 saturated heterocycles. The van der Waals surface area contributed by atoms with E-state index in [1.807, 2.05) is 13.0 Å². The van der Waals surface area contributed by atoms with Crippen LogP contribution in [0.25, 0.3) is 0 Å². The molecule has 170 valence electrons. The first kappa shape index (κ1) is 23.7. The molecule has 3 rings (SSSR count). The minimum atomic E-state index is -3.98. The Labute approximate surface area is 191 Å². The average Bonchev–Trinajstić information content (AvgIpc) is 2.78. The third-order valence-electron chi connectivity index (χ3n) is 4.61. The summed E-state index contributed by atoms with van der Waals surface area (Å²) in [6.07, 6.45) is 0. The Morgan fingerprint density at radius 1 is 0.848 bits per heavy atom. The summed E-state index contributed by atoms with van der Waals surface area (Å²) < 4.78 is 33.2. The molecular weight excluding hydrogens is 444 g/mol. The van der Waals surface area contributed by atoms with Gasteiger partial charge in [-0.3, -0.25) is 19.6 Å². The van der Waals surface area contributed by atoms with E-state index in [0.29, 0.717) is 11.3 Å². The molecule has 0 aliphatic heterocycles. The minimum Gasteiger partial charge on any atom is -0.452 e. The van der Waals surface area contributed by atoms with Crippen molar-refractivity contribution >= 4 is 33.5 Å². The van der Waals surface area contributed by atoms with Crippen molar-refractivity contribution in [2.24, 2.45) is 0 Å². The first-order valence-electron chi connectivity index (χ1n) is 9.92. The van der Waals surface area contributed by atoms with Gasteiger partial charge in [-0.1, -0.05) is 36.4 Å². The van der Waals surface area contributed by atoms with Gasteiger partial charge in [0.1, 0.15) is 0 Å². The number of anilines is 1. The fourth-order valence-electron chi connectivity index (χ4n) is 2.97. The lowest BCUT2D eigenvalue weighted by Crippen LogP contribution is -2.34. The van der Waals surface area contributed by atoms with Crippen LogP contribution in [-0.2, 0) is 19.6 Å². The van der Waals surface area contributed by atoms with E-state index >= 15 is 0 Å². The van der Waals surface area contributed by atoms with Crippen molar-refractivity contribution in [2.75, 3.05) is 11.3 Å². The summed E-state index contributed by atoms with van der Waals surface area (Å²) in [4.78, 5) is 36.2. The number of benzene rings is 3. The van der Waals surface area contributed by atoms with Crippen LogP contribution < -0.4 is 10.0 Å². The van der Waals surface area contributed by atoms with Gasteiger partial charge in [-0.25, -0.2) is 13.2 Å². The molecule has 2 amide bonds. The number of esters is 1. The molecule has 0 saturated carbocycles. The molecule has 0 fully saturated rings. The Morgan fingerprint density at radius 3 is 2.27 bits per heavy atom. The summed E-state index contributed by atoms with van der Waals surface area (Å²) >= 11 is 0. The number of imide groups is 1. The molecule has 0 bridgehead atoms. The van der Waals surface area contributed by atoms with Crippen LogP contribution >= 0.6 is 0 Å². The number of aryl methyl sites for hydroxylation is 2. The highest BCUT2D eigenvalue weighted by atomic mass is 32.2. The highest BCUT2D eigenvalue weighted by Crippen LogP contribution is 2.22.